The van der Waals surface area contributed by atoms with Crippen molar-refractivity contribution in [3.05, 3.63) is 23.1 Å². The molecule has 1 aliphatic heterocycles. The molecule has 110 valence electrons. The Balaban J connectivity index is 2.80. The Hall–Kier alpha value is -2.21. The molecule has 1 saturated heterocycles. The second-order valence-corrected chi connectivity index (χ2v) is 5.72. The van der Waals surface area contributed by atoms with Crippen molar-refractivity contribution in [3.8, 4) is 0 Å². The van der Waals surface area contributed by atoms with Crippen molar-refractivity contribution in [3.63, 3.8) is 0 Å². The average Bonchev–Trinajstić information content (AvgIpc) is 2.24. The van der Waals surface area contributed by atoms with Gasteiger partial charge >= 0.3 is 12.1 Å². The van der Waals surface area contributed by atoms with Crippen LogP contribution in [0.15, 0.2) is 17.8 Å². The molecule has 1 fully saturated rings. The minimum absolute atomic E-state index is 0.0986. The van der Waals surface area contributed by atoms with Gasteiger partial charge in [0.15, 0.2) is 0 Å². The second-order valence-electron chi connectivity index (χ2n) is 5.72. The van der Waals surface area contributed by atoms with Gasteiger partial charge in [-0.15, -0.1) is 6.58 Å². The van der Waals surface area contributed by atoms with Crippen molar-refractivity contribution < 1.29 is 19.4 Å². The van der Waals surface area contributed by atoms with Crippen molar-refractivity contribution in [2.45, 2.75) is 32.4 Å². The fourth-order valence-corrected chi connectivity index (χ4v) is 2.00. The molecule has 0 aliphatic carbocycles. The Morgan fingerprint density at radius 2 is 2.10 bits per heavy atom. The van der Waals surface area contributed by atoms with Crippen LogP contribution in [0.25, 0.3) is 10.4 Å². The van der Waals surface area contributed by atoms with Crippen LogP contribution in [0.3, 0.4) is 0 Å². The minimum atomic E-state index is -1.29. The predicted octanol–water partition coefficient (Wildman–Crippen LogP) is 2.17. The standard InChI is InChI=1S/C12H18N4O4/c1-5-12(8(9(17)18)14-15-13)6-16(7-12)10(19)20-11(2,3)4/h5,8H,1,6-7H2,2-4H3,(H,17,18)/t8-/m1/s1. The zero-order valence-electron chi connectivity index (χ0n) is 11.7. The lowest BCUT2D eigenvalue weighted by Crippen LogP contribution is -2.64. The number of carbonyl (C=O) groups excluding carboxylic acids is 1. The van der Waals surface area contributed by atoms with Gasteiger partial charge in [0.25, 0.3) is 0 Å². The number of azide groups is 1. The predicted molar refractivity (Wildman–Crippen MR) is 71.0 cm³/mol. The van der Waals surface area contributed by atoms with Gasteiger partial charge in [-0.1, -0.05) is 11.2 Å². The van der Waals surface area contributed by atoms with Crippen LogP contribution in [-0.2, 0) is 9.53 Å². The SMILES string of the molecule is C=CC1([C@H](N=[N+]=[N-])C(=O)O)CN(C(=O)OC(C)(C)C)C1. The number of amides is 1. The molecule has 8 nitrogen and oxygen atoms in total. The third kappa shape index (κ3) is 3.21. The topological polar surface area (TPSA) is 116 Å². The number of rotatable bonds is 4. The molecule has 0 aromatic carbocycles. The fourth-order valence-electron chi connectivity index (χ4n) is 2.00. The summed E-state index contributed by atoms with van der Waals surface area (Å²) >= 11 is 0. The molecule has 1 aliphatic rings. The highest BCUT2D eigenvalue weighted by molar-refractivity contribution is 5.77. The molecular formula is C12H18N4O4. The van der Waals surface area contributed by atoms with Crippen LogP contribution in [0.1, 0.15) is 20.8 Å². The van der Waals surface area contributed by atoms with Gasteiger partial charge in [-0.05, 0) is 26.3 Å². The van der Waals surface area contributed by atoms with Crippen molar-refractivity contribution >= 4 is 12.1 Å². The molecular weight excluding hydrogens is 264 g/mol. The van der Waals surface area contributed by atoms with Gasteiger partial charge in [0, 0.05) is 23.4 Å². The van der Waals surface area contributed by atoms with Crippen LogP contribution in [0, 0.1) is 5.41 Å². The Bertz CT molecular complexity index is 468. The zero-order chi connectivity index (χ0) is 15.6. The summed E-state index contributed by atoms with van der Waals surface area (Å²) in [7, 11) is 0. The summed E-state index contributed by atoms with van der Waals surface area (Å²) in [6.45, 7) is 9.01. The highest BCUT2D eigenvalue weighted by Crippen LogP contribution is 2.38. The third-order valence-electron chi connectivity index (χ3n) is 2.97. The molecule has 1 heterocycles. The van der Waals surface area contributed by atoms with E-state index < -0.39 is 29.1 Å². The number of aliphatic carboxylic acids is 1. The van der Waals surface area contributed by atoms with Gasteiger partial charge in [0.1, 0.15) is 11.6 Å². The molecule has 1 rings (SSSR count). The summed E-state index contributed by atoms with van der Waals surface area (Å²) in [5, 5.41) is 12.4. The summed E-state index contributed by atoms with van der Waals surface area (Å²) in [6, 6.07) is -1.29. The van der Waals surface area contributed by atoms with Gasteiger partial charge in [-0.2, -0.15) is 0 Å². The molecule has 0 aromatic rings. The number of nitrogens with zero attached hydrogens (tertiary/aromatic N) is 4. The van der Waals surface area contributed by atoms with E-state index in [1.54, 1.807) is 20.8 Å². The van der Waals surface area contributed by atoms with Crippen LogP contribution < -0.4 is 0 Å². The molecule has 0 spiro atoms. The Kier molecular flexibility index (Phi) is 4.29. The molecule has 1 N–H and O–H groups in total. The molecule has 0 saturated carbocycles. The Morgan fingerprint density at radius 3 is 2.45 bits per heavy atom. The summed E-state index contributed by atoms with van der Waals surface area (Å²) in [5.41, 5.74) is 6.87. The number of carboxylic acid groups (broad SMARTS) is 1. The van der Waals surface area contributed by atoms with Crippen molar-refractivity contribution in [2.75, 3.05) is 13.1 Å². The maximum Gasteiger partial charge on any atom is 0.410 e. The largest absolute Gasteiger partial charge is 0.481 e. The third-order valence-corrected chi connectivity index (χ3v) is 2.97. The van der Waals surface area contributed by atoms with E-state index in [0.29, 0.717) is 0 Å². The van der Waals surface area contributed by atoms with Gasteiger partial charge in [-0.25, -0.2) is 4.79 Å². The van der Waals surface area contributed by atoms with Crippen LogP contribution in [-0.4, -0.2) is 46.8 Å². The number of carbonyl (C=O) groups is 2. The van der Waals surface area contributed by atoms with Crippen molar-refractivity contribution in [2.24, 2.45) is 10.5 Å². The molecule has 1 amide bonds. The molecule has 8 heteroatoms. The van der Waals surface area contributed by atoms with Crippen LogP contribution in [0.4, 0.5) is 4.79 Å². The maximum absolute atomic E-state index is 11.8. The average molecular weight is 282 g/mol. The van der Waals surface area contributed by atoms with Crippen molar-refractivity contribution in [1.29, 1.82) is 0 Å². The van der Waals surface area contributed by atoms with Crippen molar-refractivity contribution in [1.82, 2.24) is 4.90 Å². The smallest absolute Gasteiger partial charge is 0.410 e. The van der Waals surface area contributed by atoms with E-state index in [1.807, 2.05) is 0 Å². The lowest BCUT2D eigenvalue weighted by molar-refractivity contribution is -0.144. The number of ether oxygens (including phenoxy) is 1. The number of likely N-dealkylation sites (tertiary alicyclic amines) is 1. The van der Waals surface area contributed by atoms with E-state index in [1.165, 1.54) is 11.0 Å². The number of hydrogen-bond donors (Lipinski definition) is 1. The molecule has 0 unspecified atom stereocenters. The fraction of sp³-hybridized carbons (Fsp3) is 0.667. The Labute approximate surface area is 116 Å². The molecule has 1 atom stereocenters. The lowest BCUT2D eigenvalue weighted by Gasteiger charge is -2.49. The number of hydrogen-bond acceptors (Lipinski definition) is 4. The van der Waals surface area contributed by atoms with Crippen LogP contribution in [0.5, 0.6) is 0 Å². The first kappa shape index (κ1) is 15.8. The zero-order valence-corrected chi connectivity index (χ0v) is 11.7. The summed E-state index contributed by atoms with van der Waals surface area (Å²) < 4.78 is 5.18. The second kappa shape index (κ2) is 5.42. The molecule has 0 aromatic heterocycles. The monoisotopic (exact) mass is 282 g/mol. The first-order chi connectivity index (χ1) is 9.15. The minimum Gasteiger partial charge on any atom is -0.481 e. The number of carboxylic acids is 1. The van der Waals surface area contributed by atoms with Gasteiger partial charge < -0.3 is 14.7 Å². The molecule has 0 radical (unpaired) electrons. The van der Waals surface area contributed by atoms with E-state index in [4.69, 9.17) is 15.4 Å². The summed E-state index contributed by atoms with van der Waals surface area (Å²) in [4.78, 5) is 26.9. The van der Waals surface area contributed by atoms with Gasteiger partial charge in [-0.3, -0.25) is 4.79 Å². The lowest BCUT2D eigenvalue weighted by atomic mass is 9.74. The Morgan fingerprint density at radius 1 is 1.55 bits per heavy atom. The van der Waals surface area contributed by atoms with Crippen LogP contribution >= 0.6 is 0 Å². The van der Waals surface area contributed by atoms with E-state index >= 15 is 0 Å². The molecule has 20 heavy (non-hydrogen) atoms. The van der Waals surface area contributed by atoms with E-state index in [2.05, 4.69) is 16.6 Å². The van der Waals surface area contributed by atoms with E-state index in [9.17, 15) is 9.59 Å². The van der Waals surface area contributed by atoms with E-state index in [0.717, 1.165) is 0 Å². The normalized spacial score (nSPS) is 18.2. The van der Waals surface area contributed by atoms with Gasteiger partial charge in [0.05, 0.1) is 0 Å². The molecule has 0 bridgehead atoms. The van der Waals surface area contributed by atoms with Crippen LogP contribution in [0.2, 0.25) is 0 Å². The quantitative estimate of drug-likeness (QED) is 0.368. The summed E-state index contributed by atoms with van der Waals surface area (Å²) in [5.74, 6) is -1.24. The highest BCUT2D eigenvalue weighted by Gasteiger charge is 2.52. The van der Waals surface area contributed by atoms with Gasteiger partial charge in [0.2, 0.25) is 0 Å². The van der Waals surface area contributed by atoms with E-state index in [-0.39, 0.29) is 13.1 Å². The highest BCUT2D eigenvalue weighted by atomic mass is 16.6. The summed E-state index contributed by atoms with van der Waals surface area (Å²) in [6.07, 6.45) is 0.890. The first-order valence-corrected chi connectivity index (χ1v) is 6.04. The first-order valence-electron chi connectivity index (χ1n) is 6.04. The maximum atomic E-state index is 11.8.